The van der Waals surface area contributed by atoms with Crippen molar-refractivity contribution in [1.29, 1.82) is 0 Å². The maximum atomic E-state index is 12.9. The molecule has 1 saturated carbocycles. The molecule has 0 N–H and O–H groups in total. The minimum Gasteiger partial charge on any atom is -0.423 e. The number of fused-ring (bicyclic) bond motifs is 2. The quantitative estimate of drug-likeness (QED) is 0.775. The van der Waals surface area contributed by atoms with Gasteiger partial charge in [0.2, 0.25) is 11.8 Å². The van der Waals surface area contributed by atoms with Gasteiger partial charge in [0.05, 0.1) is 6.04 Å². The van der Waals surface area contributed by atoms with Crippen LogP contribution in [-0.2, 0) is 11.4 Å². The monoisotopic (exact) mass is 382 g/mol. The summed E-state index contributed by atoms with van der Waals surface area (Å²) in [5, 5.41) is 10.2. The Morgan fingerprint density at radius 1 is 1.00 bits per heavy atom. The average molecular weight is 382 g/mol. The first-order valence-corrected chi connectivity index (χ1v) is 10.4. The number of carbonyl (C=O) groups is 1. The predicted molar refractivity (Wildman–Crippen MR) is 101 cm³/mol. The number of benzene rings is 1. The fraction of sp³-hybridized carbons (Fsp3) is 0.571. The molecule has 148 valence electrons. The Bertz CT molecular complexity index is 818. The van der Waals surface area contributed by atoms with Crippen LogP contribution in [0, 0.1) is 0 Å². The van der Waals surface area contributed by atoms with E-state index in [9.17, 15) is 4.79 Å². The van der Waals surface area contributed by atoms with E-state index in [1.165, 1.54) is 19.3 Å². The third kappa shape index (κ3) is 3.28. The van der Waals surface area contributed by atoms with E-state index in [2.05, 4.69) is 10.2 Å². The van der Waals surface area contributed by atoms with Crippen LogP contribution in [0.25, 0.3) is 0 Å². The molecule has 7 nitrogen and oxygen atoms in total. The van der Waals surface area contributed by atoms with Crippen LogP contribution in [0.1, 0.15) is 74.3 Å². The zero-order chi connectivity index (χ0) is 18.9. The minimum atomic E-state index is -0.140. The van der Waals surface area contributed by atoms with E-state index in [-0.39, 0.29) is 18.1 Å². The Balaban J connectivity index is 1.26. The SMILES string of the molecule is O=C1N2C[C@@H](CC[C@H]2c2nnc(C3CCCCC3)o2)N1OCc1ccccc1. The van der Waals surface area contributed by atoms with Gasteiger partial charge in [-0.15, -0.1) is 10.2 Å². The number of hydroxylamine groups is 2. The molecule has 7 heteroatoms. The van der Waals surface area contributed by atoms with Gasteiger partial charge in [-0.2, -0.15) is 5.06 Å². The molecule has 0 radical (unpaired) electrons. The summed E-state index contributed by atoms with van der Waals surface area (Å²) < 4.78 is 6.05. The van der Waals surface area contributed by atoms with E-state index in [4.69, 9.17) is 9.25 Å². The zero-order valence-corrected chi connectivity index (χ0v) is 16.0. The van der Waals surface area contributed by atoms with Crippen LogP contribution in [0.3, 0.4) is 0 Å². The molecule has 0 unspecified atom stereocenters. The summed E-state index contributed by atoms with van der Waals surface area (Å²) in [6.45, 7) is 1.05. The lowest BCUT2D eigenvalue weighted by Gasteiger charge is -2.27. The van der Waals surface area contributed by atoms with Gasteiger partial charge >= 0.3 is 6.03 Å². The molecule has 2 atom stereocenters. The number of nitrogens with zero attached hydrogens (tertiary/aromatic N) is 4. The highest BCUT2D eigenvalue weighted by atomic mass is 16.7. The molecule has 3 heterocycles. The van der Waals surface area contributed by atoms with Crippen molar-refractivity contribution < 1.29 is 14.0 Å². The lowest BCUT2D eigenvalue weighted by atomic mass is 9.89. The molecule has 3 fully saturated rings. The number of carbonyl (C=O) groups excluding carboxylic acids is 1. The summed E-state index contributed by atoms with van der Waals surface area (Å²) in [7, 11) is 0. The first kappa shape index (κ1) is 17.7. The first-order valence-electron chi connectivity index (χ1n) is 10.4. The lowest BCUT2D eigenvalue weighted by molar-refractivity contribution is -0.140. The van der Waals surface area contributed by atoms with Crippen LogP contribution in [-0.4, -0.2) is 38.8 Å². The second-order valence-corrected chi connectivity index (χ2v) is 8.08. The van der Waals surface area contributed by atoms with E-state index >= 15 is 0 Å². The van der Waals surface area contributed by atoms with E-state index in [1.807, 2.05) is 35.2 Å². The van der Waals surface area contributed by atoms with E-state index < -0.39 is 0 Å². The van der Waals surface area contributed by atoms with Crippen molar-refractivity contribution in [1.82, 2.24) is 20.2 Å². The fourth-order valence-electron chi connectivity index (χ4n) is 4.67. The number of hydrogen-bond donors (Lipinski definition) is 0. The topological polar surface area (TPSA) is 71.7 Å². The molecule has 2 amide bonds. The third-order valence-corrected chi connectivity index (χ3v) is 6.23. The van der Waals surface area contributed by atoms with Gasteiger partial charge in [-0.05, 0) is 31.2 Å². The second-order valence-electron chi connectivity index (χ2n) is 8.08. The largest absolute Gasteiger partial charge is 0.423 e. The van der Waals surface area contributed by atoms with Crippen molar-refractivity contribution in [2.45, 2.75) is 69.6 Å². The molecule has 1 aromatic heterocycles. The zero-order valence-electron chi connectivity index (χ0n) is 16.0. The van der Waals surface area contributed by atoms with E-state index in [1.54, 1.807) is 5.06 Å². The van der Waals surface area contributed by atoms with Crippen molar-refractivity contribution in [2.24, 2.45) is 0 Å². The molecular weight excluding hydrogens is 356 g/mol. The van der Waals surface area contributed by atoms with E-state index in [0.717, 1.165) is 37.1 Å². The molecular formula is C21H26N4O3. The van der Waals surface area contributed by atoms with Crippen molar-refractivity contribution in [3.8, 4) is 0 Å². The fourth-order valence-corrected chi connectivity index (χ4v) is 4.67. The Labute approximate surface area is 164 Å². The molecule has 1 aromatic carbocycles. The lowest BCUT2D eigenvalue weighted by Crippen LogP contribution is -2.34. The summed E-state index contributed by atoms with van der Waals surface area (Å²) >= 11 is 0. The summed E-state index contributed by atoms with van der Waals surface area (Å²) in [6.07, 6.45) is 7.70. The molecule has 2 bridgehead atoms. The molecule has 28 heavy (non-hydrogen) atoms. The number of amides is 2. The van der Waals surface area contributed by atoms with Gasteiger partial charge in [0, 0.05) is 12.5 Å². The summed E-state index contributed by atoms with van der Waals surface area (Å²) in [4.78, 5) is 20.6. The van der Waals surface area contributed by atoms with Gasteiger partial charge in [-0.3, -0.25) is 4.84 Å². The summed E-state index contributed by atoms with van der Waals surface area (Å²) in [5.74, 6) is 1.71. The van der Waals surface area contributed by atoms with Crippen molar-refractivity contribution >= 4 is 6.03 Å². The average Bonchev–Trinajstić information content (AvgIpc) is 3.33. The van der Waals surface area contributed by atoms with Crippen molar-refractivity contribution in [3.05, 3.63) is 47.7 Å². The predicted octanol–water partition coefficient (Wildman–Crippen LogP) is 4.19. The Morgan fingerprint density at radius 3 is 2.61 bits per heavy atom. The Kier molecular flexibility index (Phi) is 4.76. The smallest absolute Gasteiger partial charge is 0.345 e. The normalized spacial score (nSPS) is 25.5. The van der Waals surface area contributed by atoms with Gasteiger partial charge in [-0.1, -0.05) is 49.6 Å². The maximum Gasteiger partial charge on any atom is 0.345 e. The van der Waals surface area contributed by atoms with Gasteiger partial charge in [0.1, 0.15) is 12.6 Å². The van der Waals surface area contributed by atoms with Crippen LogP contribution in [0.15, 0.2) is 34.7 Å². The number of hydrogen-bond acceptors (Lipinski definition) is 5. The number of rotatable bonds is 5. The van der Waals surface area contributed by atoms with E-state index in [0.29, 0.717) is 25.0 Å². The standard InChI is InChI=1S/C21H26N4O3/c26-21-24-13-17(25(21)27-14-15-7-3-1-4-8-15)11-12-18(24)20-23-22-19(28-20)16-9-5-2-6-10-16/h1,3-4,7-8,16-18H,2,5-6,9-14H2/t17-,18+/m1/s1. The van der Waals surface area contributed by atoms with Crippen LogP contribution in [0.5, 0.6) is 0 Å². The Hall–Kier alpha value is -2.41. The third-order valence-electron chi connectivity index (χ3n) is 6.23. The van der Waals surface area contributed by atoms with Gasteiger partial charge in [0.25, 0.3) is 0 Å². The number of urea groups is 1. The van der Waals surface area contributed by atoms with Crippen LogP contribution < -0.4 is 0 Å². The molecule has 2 aromatic rings. The second kappa shape index (κ2) is 7.54. The minimum absolute atomic E-state index is 0.0909. The highest BCUT2D eigenvalue weighted by molar-refractivity contribution is 5.77. The van der Waals surface area contributed by atoms with Gasteiger partial charge in [-0.25, -0.2) is 4.79 Å². The van der Waals surface area contributed by atoms with Crippen LogP contribution in [0.4, 0.5) is 4.79 Å². The summed E-state index contributed by atoms with van der Waals surface area (Å²) in [5.41, 5.74) is 1.05. The Morgan fingerprint density at radius 2 is 1.79 bits per heavy atom. The molecule has 3 aliphatic rings. The molecule has 2 saturated heterocycles. The molecule has 5 rings (SSSR count). The summed E-state index contributed by atoms with van der Waals surface area (Å²) in [6, 6.07) is 9.78. The maximum absolute atomic E-state index is 12.9. The van der Waals surface area contributed by atoms with Crippen LogP contribution >= 0.6 is 0 Å². The van der Waals surface area contributed by atoms with Crippen LogP contribution in [0.2, 0.25) is 0 Å². The van der Waals surface area contributed by atoms with Crippen molar-refractivity contribution in [2.75, 3.05) is 6.54 Å². The number of aromatic nitrogens is 2. The molecule has 0 spiro atoms. The molecule has 1 aliphatic carbocycles. The highest BCUT2D eigenvalue weighted by Gasteiger charge is 2.47. The van der Waals surface area contributed by atoms with Gasteiger partial charge in [0.15, 0.2) is 0 Å². The first-order chi connectivity index (χ1) is 13.8. The molecule has 2 aliphatic heterocycles. The highest BCUT2D eigenvalue weighted by Crippen LogP contribution is 2.39. The van der Waals surface area contributed by atoms with Crippen molar-refractivity contribution in [3.63, 3.8) is 0 Å². The van der Waals surface area contributed by atoms with Gasteiger partial charge < -0.3 is 9.32 Å². The number of piperidine rings is 1.